The molecule has 2 nitrogen and oxygen atoms in total. The second kappa shape index (κ2) is 6.58. The smallest absolute Gasteiger partial charge is 0.0404 e. The van der Waals surface area contributed by atoms with E-state index in [1.807, 2.05) is 13.8 Å². The van der Waals surface area contributed by atoms with Crippen molar-refractivity contribution in [1.82, 2.24) is 0 Å². The van der Waals surface area contributed by atoms with Crippen LogP contribution in [0.2, 0.25) is 0 Å². The summed E-state index contributed by atoms with van der Waals surface area (Å²) >= 11 is 0. The van der Waals surface area contributed by atoms with Gasteiger partial charge in [-0.1, -0.05) is 18.9 Å². The van der Waals surface area contributed by atoms with E-state index >= 15 is 0 Å². The molecular weight excluding hydrogens is 160 g/mol. The Morgan fingerprint density at radius 2 is 1.92 bits per heavy atom. The molecule has 0 amide bonds. The summed E-state index contributed by atoms with van der Waals surface area (Å²) in [5, 5.41) is 7.31. The van der Waals surface area contributed by atoms with Gasteiger partial charge < -0.3 is 5.41 Å². The Morgan fingerprint density at radius 3 is 2.31 bits per heavy atom. The van der Waals surface area contributed by atoms with Crippen LogP contribution in [0.4, 0.5) is 0 Å². The van der Waals surface area contributed by atoms with Gasteiger partial charge in [0.25, 0.3) is 0 Å². The molecule has 0 aromatic rings. The third kappa shape index (κ3) is 4.02. The Morgan fingerprint density at radius 1 is 1.31 bits per heavy atom. The van der Waals surface area contributed by atoms with E-state index < -0.39 is 0 Å². The van der Waals surface area contributed by atoms with Crippen LogP contribution in [0.5, 0.6) is 0 Å². The molecule has 74 valence electrons. The predicted octanol–water partition coefficient (Wildman–Crippen LogP) is 3.23. The summed E-state index contributed by atoms with van der Waals surface area (Å²) in [4.78, 5) is 4.31. The van der Waals surface area contributed by atoms with Crippen LogP contribution in [-0.4, -0.2) is 18.5 Å². The molecule has 0 saturated carbocycles. The van der Waals surface area contributed by atoms with Crippen molar-refractivity contribution in [2.75, 3.05) is 6.54 Å². The highest BCUT2D eigenvalue weighted by molar-refractivity contribution is 6.14. The van der Waals surface area contributed by atoms with Gasteiger partial charge in [0.05, 0.1) is 0 Å². The van der Waals surface area contributed by atoms with Gasteiger partial charge in [-0.3, -0.25) is 4.99 Å². The zero-order chi connectivity index (χ0) is 10.3. The molecule has 0 aromatic heterocycles. The van der Waals surface area contributed by atoms with Gasteiger partial charge in [0.1, 0.15) is 0 Å². The van der Waals surface area contributed by atoms with E-state index in [4.69, 9.17) is 5.41 Å². The molecule has 0 aliphatic carbocycles. The molecule has 2 heteroatoms. The van der Waals surface area contributed by atoms with Gasteiger partial charge in [-0.05, 0) is 27.2 Å². The molecule has 0 aliphatic heterocycles. The van der Waals surface area contributed by atoms with Crippen LogP contribution in [0.3, 0.4) is 0 Å². The predicted molar refractivity (Wildman–Crippen MR) is 60.0 cm³/mol. The molecule has 0 aromatic carbocycles. The summed E-state index contributed by atoms with van der Waals surface area (Å²) in [6, 6.07) is 0. The van der Waals surface area contributed by atoms with Crippen LogP contribution in [-0.2, 0) is 0 Å². The number of nitrogens with zero attached hydrogens (tertiary/aromatic N) is 1. The molecular formula is C11H20N2. The Hall–Kier alpha value is -0.920. The monoisotopic (exact) mass is 180 g/mol. The van der Waals surface area contributed by atoms with E-state index in [0.29, 0.717) is 0 Å². The number of hydrogen-bond donors (Lipinski definition) is 1. The third-order valence-corrected chi connectivity index (χ3v) is 2.01. The van der Waals surface area contributed by atoms with Crippen molar-refractivity contribution in [3.8, 4) is 0 Å². The highest BCUT2D eigenvalue weighted by atomic mass is 14.7. The first-order valence-electron chi connectivity index (χ1n) is 4.88. The minimum absolute atomic E-state index is 0.794. The van der Waals surface area contributed by atoms with Crippen molar-refractivity contribution in [3.63, 3.8) is 0 Å². The SMILES string of the molecule is CCC/C(C)=C(\C=N)C(C)=NCC. The van der Waals surface area contributed by atoms with Crippen LogP contribution in [0.1, 0.15) is 40.5 Å². The standard InChI is InChI=1S/C11H20N2/c1-5-7-9(3)11(8-12)10(4)13-6-2/h8,12H,5-7H2,1-4H3/b11-9+,12-8?,13-10?. The van der Waals surface area contributed by atoms with Crippen molar-refractivity contribution in [3.05, 3.63) is 11.1 Å². The highest BCUT2D eigenvalue weighted by Crippen LogP contribution is 2.10. The van der Waals surface area contributed by atoms with Gasteiger partial charge in [-0.25, -0.2) is 0 Å². The van der Waals surface area contributed by atoms with Crippen LogP contribution in [0.25, 0.3) is 0 Å². The molecule has 0 bridgehead atoms. The number of rotatable bonds is 5. The largest absolute Gasteiger partial charge is 0.308 e. The molecule has 1 N–H and O–H groups in total. The van der Waals surface area contributed by atoms with Gasteiger partial charge in [0, 0.05) is 24.0 Å². The lowest BCUT2D eigenvalue weighted by Crippen LogP contribution is -2.02. The van der Waals surface area contributed by atoms with E-state index in [0.717, 1.165) is 30.7 Å². The minimum atomic E-state index is 0.794. The third-order valence-electron chi connectivity index (χ3n) is 2.01. The quantitative estimate of drug-likeness (QED) is 0.631. The van der Waals surface area contributed by atoms with E-state index in [1.54, 1.807) is 0 Å². The van der Waals surface area contributed by atoms with Crippen molar-refractivity contribution < 1.29 is 0 Å². The summed E-state index contributed by atoms with van der Waals surface area (Å²) in [5.41, 5.74) is 3.26. The van der Waals surface area contributed by atoms with Crippen LogP contribution in [0.15, 0.2) is 16.1 Å². The average molecular weight is 180 g/mol. The summed E-state index contributed by atoms with van der Waals surface area (Å²) in [5.74, 6) is 0. The number of allylic oxidation sites excluding steroid dienone is 2. The van der Waals surface area contributed by atoms with E-state index in [9.17, 15) is 0 Å². The molecule has 0 saturated heterocycles. The summed E-state index contributed by atoms with van der Waals surface area (Å²) in [7, 11) is 0. The second-order valence-corrected chi connectivity index (χ2v) is 3.15. The molecule has 0 spiro atoms. The maximum absolute atomic E-state index is 7.31. The topological polar surface area (TPSA) is 36.2 Å². The fourth-order valence-corrected chi connectivity index (χ4v) is 1.37. The number of nitrogens with one attached hydrogen (secondary N) is 1. The number of hydrogen-bond acceptors (Lipinski definition) is 2. The van der Waals surface area contributed by atoms with Crippen molar-refractivity contribution in [2.45, 2.75) is 40.5 Å². The average Bonchev–Trinajstić information content (AvgIpc) is 2.06. The lowest BCUT2D eigenvalue weighted by molar-refractivity contribution is 0.903. The normalized spacial score (nSPS) is 14.0. The first kappa shape index (κ1) is 12.1. The fraction of sp³-hybridized carbons (Fsp3) is 0.636. The van der Waals surface area contributed by atoms with Gasteiger partial charge in [-0.15, -0.1) is 0 Å². The van der Waals surface area contributed by atoms with E-state index in [-0.39, 0.29) is 0 Å². The van der Waals surface area contributed by atoms with Gasteiger partial charge >= 0.3 is 0 Å². The lowest BCUT2D eigenvalue weighted by atomic mass is 10.0. The Balaban J connectivity index is 4.75. The Labute approximate surface area is 81.3 Å². The molecule has 0 rings (SSSR count). The lowest BCUT2D eigenvalue weighted by Gasteiger charge is -2.06. The van der Waals surface area contributed by atoms with E-state index in [1.165, 1.54) is 11.8 Å². The summed E-state index contributed by atoms with van der Waals surface area (Å²) in [6.07, 6.45) is 3.60. The van der Waals surface area contributed by atoms with Gasteiger partial charge in [-0.2, -0.15) is 0 Å². The zero-order valence-electron chi connectivity index (χ0n) is 9.15. The maximum atomic E-state index is 7.31. The summed E-state index contributed by atoms with van der Waals surface area (Å²) < 4.78 is 0. The first-order valence-corrected chi connectivity index (χ1v) is 4.88. The zero-order valence-corrected chi connectivity index (χ0v) is 9.15. The molecule has 0 fully saturated rings. The fourth-order valence-electron chi connectivity index (χ4n) is 1.37. The van der Waals surface area contributed by atoms with E-state index in [2.05, 4.69) is 18.8 Å². The molecule has 0 radical (unpaired) electrons. The van der Waals surface area contributed by atoms with Crippen molar-refractivity contribution in [1.29, 1.82) is 5.41 Å². The molecule has 0 atom stereocenters. The Bertz CT molecular complexity index is 224. The van der Waals surface area contributed by atoms with Gasteiger partial charge in [0.2, 0.25) is 0 Å². The molecule has 0 unspecified atom stereocenters. The Kier molecular flexibility index (Phi) is 6.11. The van der Waals surface area contributed by atoms with Crippen LogP contribution < -0.4 is 0 Å². The molecule has 13 heavy (non-hydrogen) atoms. The van der Waals surface area contributed by atoms with Crippen LogP contribution in [0, 0.1) is 5.41 Å². The highest BCUT2D eigenvalue weighted by Gasteiger charge is 2.01. The maximum Gasteiger partial charge on any atom is 0.0404 e. The van der Waals surface area contributed by atoms with Crippen molar-refractivity contribution >= 4 is 11.9 Å². The number of aliphatic imine (C=N–C) groups is 1. The van der Waals surface area contributed by atoms with Crippen LogP contribution >= 0.6 is 0 Å². The summed E-state index contributed by atoms with van der Waals surface area (Å²) in [6.45, 7) is 9.02. The second-order valence-electron chi connectivity index (χ2n) is 3.15. The molecule has 0 heterocycles. The first-order chi connectivity index (χ1) is 6.17. The van der Waals surface area contributed by atoms with Crippen molar-refractivity contribution in [2.24, 2.45) is 4.99 Å². The molecule has 0 aliphatic rings. The van der Waals surface area contributed by atoms with Gasteiger partial charge in [0.15, 0.2) is 0 Å². The minimum Gasteiger partial charge on any atom is -0.308 e.